The number of furan rings is 1. The van der Waals surface area contributed by atoms with Crippen molar-refractivity contribution in [3.63, 3.8) is 0 Å². The highest BCUT2D eigenvalue weighted by atomic mass is 79.9. The molecule has 0 N–H and O–H groups in total. The second kappa shape index (κ2) is 7.15. The van der Waals surface area contributed by atoms with Crippen molar-refractivity contribution in [3.8, 4) is 16.8 Å². The van der Waals surface area contributed by atoms with Crippen LogP contribution in [0.15, 0.2) is 75.8 Å². The fourth-order valence-electron chi connectivity index (χ4n) is 4.25. The van der Waals surface area contributed by atoms with Gasteiger partial charge in [0, 0.05) is 38.3 Å². The molecule has 0 bridgehead atoms. The highest BCUT2D eigenvalue weighted by molar-refractivity contribution is 9.10. The second-order valence-corrected chi connectivity index (χ2v) is 8.59. The zero-order chi connectivity index (χ0) is 21.0. The van der Waals surface area contributed by atoms with Crippen molar-refractivity contribution in [2.24, 2.45) is 0 Å². The van der Waals surface area contributed by atoms with Crippen LogP contribution >= 0.6 is 27.5 Å². The fourth-order valence-corrected chi connectivity index (χ4v) is 4.89. The van der Waals surface area contributed by atoms with Gasteiger partial charge in [0.1, 0.15) is 5.58 Å². The van der Waals surface area contributed by atoms with Crippen LogP contribution in [0.25, 0.3) is 38.7 Å². The first-order valence-electron chi connectivity index (χ1n) is 9.54. The molecule has 2 heterocycles. The molecule has 5 rings (SSSR count). The number of rotatable bonds is 3. The van der Waals surface area contributed by atoms with Crippen LogP contribution in [0.3, 0.4) is 0 Å². The first-order chi connectivity index (χ1) is 14.5. The minimum atomic E-state index is 0.0223. The summed E-state index contributed by atoms with van der Waals surface area (Å²) in [6.45, 7) is 3.59. The van der Waals surface area contributed by atoms with Crippen LogP contribution in [0, 0.1) is 6.92 Å². The van der Waals surface area contributed by atoms with E-state index < -0.39 is 0 Å². The first-order valence-corrected chi connectivity index (χ1v) is 10.7. The van der Waals surface area contributed by atoms with Crippen LogP contribution in [0.2, 0.25) is 5.02 Å². The molecule has 0 spiro atoms. The van der Waals surface area contributed by atoms with Gasteiger partial charge >= 0.3 is 0 Å². The van der Waals surface area contributed by atoms with E-state index in [1.54, 1.807) is 13.2 Å². The molecule has 0 radical (unpaired) electrons. The summed E-state index contributed by atoms with van der Waals surface area (Å²) in [5.74, 6) is 0.0223. The van der Waals surface area contributed by atoms with Gasteiger partial charge in [-0.2, -0.15) is 0 Å². The monoisotopic (exact) mass is 477 g/mol. The number of benzene rings is 3. The number of Topliss-reactive ketones (excluding diaryl/α,β-unsaturated/α-hetero) is 1. The van der Waals surface area contributed by atoms with Crippen molar-refractivity contribution < 1.29 is 9.21 Å². The molecule has 0 atom stereocenters. The van der Waals surface area contributed by atoms with Crippen molar-refractivity contribution >= 4 is 55.2 Å². The minimum absolute atomic E-state index is 0.0223. The summed E-state index contributed by atoms with van der Waals surface area (Å²) in [7, 11) is 0. The largest absolute Gasteiger partial charge is 0.462 e. The van der Waals surface area contributed by atoms with E-state index in [-0.39, 0.29) is 5.78 Å². The lowest BCUT2D eigenvalue weighted by atomic mass is 9.98. The van der Waals surface area contributed by atoms with Gasteiger partial charge in [-0.25, -0.2) is 0 Å². The zero-order valence-electron chi connectivity index (χ0n) is 16.4. The van der Waals surface area contributed by atoms with E-state index >= 15 is 0 Å². The number of hydrogen-bond donors (Lipinski definition) is 0. The lowest BCUT2D eigenvalue weighted by Gasteiger charge is -2.09. The molecule has 0 fully saturated rings. The maximum absolute atomic E-state index is 12.8. The third-order valence-corrected chi connectivity index (χ3v) is 6.33. The quantitative estimate of drug-likeness (QED) is 0.246. The molecule has 0 saturated heterocycles. The number of ketones is 1. The smallest absolute Gasteiger partial charge is 0.162 e. The zero-order valence-corrected chi connectivity index (χ0v) is 18.7. The summed E-state index contributed by atoms with van der Waals surface area (Å²) < 4.78 is 8.91. The average Bonchev–Trinajstić information content (AvgIpc) is 3.29. The van der Waals surface area contributed by atoms with Crippen molar-refractivity contribution in [1.29, 1.82) is 0 Å². The second-order valence-electron chi connectivity index (χ2n) is 7.30. The Bertz CT molecular complexity index is 1430. The Kier molecular flexibility index (Phi) is 4.57. The molecular formula is C25H17BrClNO2. The van der Waals surface area contributed by atoms with E-state index in [0.29, 0.717) is 10.6 Å². The number of carbonyl (C=O) groups is 1. The molecule has 2 aromatic heterocycles. The minimum Gasteiger partial charge on any atom is -0.462 e. The van der Waals surface area contributed by atoms with E-state index in [4.69, 9.17) is 16.0 Å². The fraction of sp³-hybridized carbons (Fsp3) is 0.0800. The summed E-state index contributed by atoms with van der Waals surface area (Å²) in [6, 6.07) is 19.7. The third-order valence-electron chi connectivity index (χ3n) is 5.49. The lowest BCUT2D eigenvalue weighted by Crippen LogP contribution is -1.99. The summed E-state index contributed by atoms with van der Waals surface area (Å²) in [5.41, 5.74) is 6.23. The van der Waals surface area contributed by atoms with E-state index in [9.17, 15) is 4.79 Å². The number of halogens is 2. The van der Waals surface area contributed by atoms with E-state index in [1.165, 1.54) is 0 Å². The van der Waals surface area contributed by atoms with Crippen molar-refractivity contribution in [3.05, 3.63) is 87.7 Å². The Morgan fingerprint density at radius 2 is 1.73 bits per heavy atom. The molecule has 148 valence electrons. The molecule has 5 aromatic rings. The Morgan fingerprint density at radius 3 is 2.40 bits per heavy atom. The van der Waals surface area contributed by atoms with Gasteiger partial charge in [0.2, 0.25) is 0 Å². The Hall–Kier alpha value is -2.82. The summed E-state index contributed by atoms with van der Waals surface area (Å²) in [4.78, 5) is 12.8. The molecule has 0 unspecified atom stereocenters. The molecule has 3 nitrogen and oxygen atoms in total. The van der Waals surface area contributed by atoms with E-state index in [1.807, 2.05) is 67.6 Å². The Morgan fingerprint density at radius 1 is 1.03 bits per heavy atom. The van der Waals surface area contributed by atoms with Crippen molar-refractivity contribution in [1.82, 2.24) is 4.57 Å². The topological polar surface area (TPSA) is 35.1 Å². The van der Waals surface area contributed by atoms with Gasteiger partial charge in [-0.05, 0) is 65.7 Å². The SMILES string of the molecule is CC(=O)c1c(C)n(-c2ccc(Cl)cc2)c2cc(Br)c3occ(-c4ccccc4)c3c12. The number of carbonyl (C=O) groups excluding carboxylic acids is 1. The van der Waals surface area contributed by atoms with Gasteiger partial charge < -0.3 is 8.98 Å². The summed E-state index contributed by atoms with van der Waals surface area (Å²) >= 11 is 9.79. The number of fused-ring (bicyclic) bond motifs is 3. The molecular weight excluding hydrogens is 462 g/mol. The predicted octanol–water partition coefficient (Wildman–Crippen LogP) is 7.97. The van der Waals surface area contributed by atoms with Crippen LogP contribution in [0.5, 0.6) is 0 Å². The Balaban J connectivity index is 1.98. The van der Waals surface area contributed by atoms with Crippen LogP contribution < -0.4 is 0 Å². The number of aromatic nitrogens is 1. The maximum Gasteiger partial charge on any atom is 0.162 e. The van der Waals surface area contributed by atoms with E-state index in [2.05, 4.69) is 20.5 Å². The third kappa shape index (κ3) is 2.83. The molecule has 0 aliphatic rings. The van der Waals surface area contributed by atoms with Crippen LogP contribution in [-0.2, 0) is 0 Å². The molecule has 0 aliphatic heterocycles. The van der Waals surface area contributed by atoms with Gasteiger partial charge in [-0.3, -0.25) is 4.79 Å². The number of nitrogens with zero attached hydrogens (tertiary/aromatic N) is 1. The van der Waals surface area contributed by atoms with Gasteiger partial charge in [0.15, 0.2) is 5.78 Å². The molecule has 0 saturated carbocycles. The average molecular weight is 479 g/mol. The van der Waals surface area contributed by atoms with Crippen LogP contribution in [-0.4, -0.2) is 10.4 Å². The van der Waals surface area contributed by atoms with Crippen molar-refractivity contribution in [2.75, 3.05) is 0 Å². The van der Waals surface area contributed by atoms with Crippen LogP contribution in [0.1, 0.15) is 23.0 Å². The highest BCUT2D eigenvalue weighted by Crippen LogP contribution is 2.43. The maximum atomic E-state index is 12.8. The van der Waals surface area contributed by atoms with Crippen molar-refractivity contribution in [2.45, 2.75) is 13.8 Å². The standard InChI is InChI=1S/C25H17BrClNO2/c1-14-22(15(2)29)24-21(28(14)18-10-8-17(27)9-11-18)12-20(26)25-23(24)19(13-30-25)16-6-4-3-5-7-16/h3-13H,1-2H3. The summed E-state index contributed by atoms with van der Waals surface area (Å²) in [5, 5.41) is 2.51. The molecule has 5 heteroatoms. The first kappa shape index (κ1) is 19.2. The highest BCUT2D eigenvalue weighted by Gasteiger charge is 2.25. The molecule has 0 aliphatic carbocycles. The van der Waals surface area contributed by atoms with Gasteiger partial charge in [-0.15, -0.1) is 0 Å². The van der Waals surface area contributed by atoms with Gasteiger partial charge in [-0.1, -0.05) is 41.9 Å². The normalized spacial score (nSPS) is 11.5. The predicted molar refractivity (Wildman–Crippen MR) is 126 cm³/mol. The van der Waals surface area contributed by atoms with E-state index in [0.717, 1.165) is 48.9 Å². The molecule has 3 aromatic carbocycles. The molecule has 30 heavy (non-hydrogen) atoms. The Labute approximate surface area is 187 Å². The number of hydrogen-bond acceptors (Lipinski definition) is 2. The summed E-state index contributed by atoms with van der Waals surface area (Å²) in [6.07, 6.45) is 1.77. The van der Waals surface area contributed by atoms with Gasteiger partial charge in [0.05, 0.1) is 16.3 Å². The molecule has 0 amide bonds. The van der Waals surface area contributed by atoms with Gasteiger partial charge in [0.25, 0.3) is 0 Å². The van der Waals surface area contributed by atoms with Crippen LogP contribution in [0.4, 0.5) is 0 Å². The lowest BCUT2D eigenvalue weighted by molar-refractivity contribution is 0.101.